The number of carbonyl (C=O) groups is 2. The van der Waals surface area contributed by atoms with Gasteiger partial charge in [0.2, 0.25) is 12.8 Å². The van der Waals surface area contributed by atoms with Crippen molar-refractivity contribution < 1.29 is 70.8 Å². The zero-order valence-corrected chi connectivity index (χ0v) is 54.4. The molecule has 2 amide bonds. The molecule has 17 nitrogen and oxygen atoms in total. The monoisotopic (exact) mass is 1290 g/mol. The maximum atomic E-state index is 13.1. The number of rotatable bonds is 42. The lowest BCUT2D eigenvalue weighted by Crippen LogP contribution is -2.48. The molecule has 488 valence electrons. The van der Waals surface area contributed by atoms with Gasteiger partial charge in [0.05, 0.1) is 71.1 Å². The lowest BCUT2D eigenvalue weighted by atomic mass is 10.0. The summed E-state index contributed by atoms with van der Waals surface area (Å²) in [5.74, 6) is 0. The molecule has 92 heavy (non-hydrogen) atoms. The van der Waals surface area contributed by atoms with Crippen LogP contribution >= 0.6 is 15.0 Å². The maximum absolute atomic E-state index is 13.1. The van der Waals surface area contributed by atoms with Crippen LogP contribution in [-0.2, 0) is 119 Å². The smallest absolute Gasteiger partial charge is 0.327 e. The number of benzene rings is 8. The molecule has 0 aliphatic carbocycles. The molecule has 0 fully saturated rings. The van der Waals surface area contributed by atoms with E-state index < -0.39 is 51.6 Å². The molecule has 19 heteroatoms. The average molecular weight is 1290 g/mol. The van der Waals surface area contributed by atoms with Crippen LogP contribution in [0.25, 0.3) is 0 Å². The van der Waals surface area contributed by atoms with E-state index in [-0.39, 0.29) is 78.1 Å². The predicted octanol–water partition coefficient (Wildman–Crippen LogP) is 13.8. The summed E-state index contributed by atoms with van der Waals surface area (Å²) in [6.45, 7) is 3.63. The quantitative estimate of drug-likeness (QED) is 0.0216. The fourth-order valence-corrected chi connectivity index (χ4v) is 11.3. The molecule has 0 bridgehead atoms. The van der Waals surface area contributed by atoms with Crippen molar-refractivity contribution in [2.45, 2.75) is 102 Å². The fraction of sp³-hybridized carbons (Fsp3) is 0.315. The second-order valence-corrected chi connectivity index (χ2v) is 26.8. The summed E-state index contributed by atoms with van der Waals surface area (Å²) in [6, 6.07) is 77.7. The molecular formula is C73H86N2O15P2. The first-order valence-electron chi connectivity index (χ1n) is 30.6. The lowest BCUT2D eigenvalue weighted by Gasteiger charge is -2.35. The highest BCUT2D eigenvalue weighted by Gasteiger charge is 2.38. The first-order chi connectivity index (χ1) is 44.9. The van der Waals surface area contributed by atoms with Crippen molar-refractivity contribution in [2.24, 2.45) is 0 Å². The van der Waals surface area contributed by atoms with Gasteiger partial charge in [-0.25, -0.2) is 10.1 Å². The van der Waals surface area contributed by atoms with Gasteiger partial charge in [-0.15, -0.1) is 0 Å². The Bertz CT molecular complexity index is 3110. The SMILES string of the molecule is COP(=O)(O)CC[C@@H](OCc1ccccc1)[C@@H](OCc1ccccc1)[C@@H](CN(C=O)OCc1ccccc1)OCc1ccccc1.COP(C)(=O)CC[C@@H](OCc1ccccc1)[C@@H](OCc1ccccc1)[C@@H](CN(C=O)OCc1ccccc1)OCc1ccccc1. The average Bonchev–Trinajstić information content (AvgIpc) is 2.00. The van der Waals surface area contributed by atoms with E-state index in [1.165, 1.54) is 24.3 Å². The Morgan fingerprint density at radius 1 is 0.348 bits per heavy atom. The van der Waals surface area contributed by atoms with E-state index in [9.17, 15) is 23.6 Å². The van der Waals surface area contributed by atoms with Crippen LogP contribution in [0, 0.1) is 0 Å². The molecule has 8 rings (SSSR count). The summed E-state index contributed by atoms with van der Waals surface area (Å²) in [4.78, 5) is 46.8. The third-order valence-corrected chi connectivity index (χ3v) is 18.1. The van der Waals surface area contributed by atoms with E-state index in [1.807, 2.05) is 243 Å². The van der Waals surface area contributed by atoms with Crippen LogP contribution in [0.1, 0.15) is 57.3 Å². The Balaban J connectivity index is 0.000000261. The summed E-state index contributed by atoms with van der Waals surface area (Å²) in [5.41, 5.74) is 7.54. The summed E-state index contributed by atoms with van der Waals surface area (Å²) in [6.07, 6.45) is -2.28. The van der Waals surface area contributed by atoms with E-state index in [0.29, 0.717) is 25.8 Å². The predicted molar refractivity (Wildman–Crippen MR) is 354 cm³/mol. The zero-order valence-electron chi connectivity index (χ0n) is 52.6. The Hall–Kier alpha value is -7.28. The molecule has 0 aliphatic heterocycles. The highest BCUT2D eigenvalue weighted by atomic mass is 31.2. The van der Waals surface area contributed by atoms with Gasteiger partial charge in [0, 0.05) is 27.0 Å². The van der Waals surface area contributed by atoms with Gasteiger partial charge in [-0.2, -0.15) is 0 Å². The van der Waals surface area contributed by atoms with Crippen molar-refractivity contribution in [1.82, 2.24) is 10.1 Å². The van der Waals surface area contributed by atoms with E-state index in [1.54, 1.807) is 6.66 Å². The van der Waals surface area contributed by atoms with E-state index in [0.717, 1.165) is 44.5 Å². The van der Waals surface area contributed by atoms with Gasteiger partial charge in [-0.05, 0) is 57.3 Å². The van der Waals surface area contributed by atoms with Crippen LogP contribution in [-0.4, -0.2) is 111 Å². The molecular weight excluding hydrogens is 1210 g/mol. The van der Waals surface area contributed by atoms with Crippen molar-refractivity contribution in [3.8, 4) is 0 Å². The van der Waals surface area contributed by atoms with Crippen molar-refractivity contribution in [1.29, 1.82) is 0 Å². The summed E-state index contributed by atoms with van der Waals surface area (Å²) < 4.78 is 75.2. The van der Waals surface area contributed by atoms with Gasteiger partial charge >= 0.3 is 7.60 Å². The van der Waals surface area contributed by atoms with Gasteiger partial charge in [0.1, 0.15) is 37.6 Å². The summed E-state index contributed by atoms with van der Waals surface area (Å²) in [5, 5.41) is 2.44. The molecule has 0 heterocycles. The number of hydrogen-bond donors (Lipinski definition) is 1. The van der Waals surface area contributed by atoms with Crippen LogP contribution in [0.5, 0.6) is 0 Å². The molecule has 0 aliphatic rings. The molecule has 0 aromatic heterocycles. The number of ether oxygens (including phenoxy) is 6. The molecule has 1 N–H and O–H groups in total. The number of hydroxylamine groups is 4. The summed E-state index contributed by atoms with van der Waals surface area (Å²) >= 11 is 0. The lowest BCUT2D eigenvalue weighted by molar-refractivity contribution is -0.208. The topological polar surface area (TPSA) is 187 Å². The van der Waals surface area contributed by atoms with Crippen molar-refractivity contribution in [3.63, 3.8) is 0 Å². The molecule has 8 atom stereocenters. The molecule has 2 unspecified atom stereocenters. The molecule has 0 saturated heterocycles. The van der Waals surface area contributed by atoms with Crippen LogP contribution < -0.4 is 0 Å². The highest BCUT2D eigenvalue weighted by Crippen LogP contribution is 2.44. The Morgan fingerprint density at radius 2 is 0.587 bits per heavy atom. The third-order valence-electron chi connectivity index (χ3n) is 14.9. The molecule has 8 aromatic carbocycles. The minimum absolute atomic E-state index is 0.00881. The number of hydrogen-bond acceptors (Lipinski definition) is 14. The van der Waals surface area contributed by atoms with Gasteiger partial charge in [-0.3, -0.25) is 28.4 Å². The minimum atomic E-state index is -3.88. The Kier molecular flexibility index (Phi) is 31.9. The van der Waals surface area contributed by atoms with Gasteiger partial charge in [0.15, 0.2) is 7.37 Å². The first-order valence-corrected chi connectivity index (χ1v) is 34.6. The van der Waals surface area contributed by atoms with Crippen LogP contribution in [0.4, 0.5) is 0 Å². The molecule has 8 aromatic rings. The third kappa shape index (κ3) is 27.1. The van der Waals surface area contributed by atoms with Crippen LogP contribution in [0.2, 0.25) is 0 Å². The Morgan fingerprint density at radius 3 is 0.837 bits per heavy atom. The van der Waals surface area contributed by atoms with E-state index >= 15 is 0 Å². The highest BCUT2D eigenvalue weighted by molar-refractivity contribution is 7.58. The largest absolute Gasteiger partial charge is 0.371 e. The minimum Gasteiger partial charge on any atom is -0.371 e. The summed E-state index contributed by atoms with van der Waals surface area (Å²) in [7, 11) is -4.09. The molecule has 0 spiro atoms. The normalized spacial score (nSPS) is 14.6. The second-order valence-electron chi connectivity index (χ2n) is 21.8. The fourth-order valence-electron chi connectivity index (χ4n) is 9.64. The molecule has 0 saturated carbocycles. The standard InChI is InChI=1S/C37H44NO7P.C36H42NO8P/c1-41-46(2,40)24-23-35(42-26-31-15-7-3-8-16-31)37(44-28-33-19-11-5-12-20-33)36(43-27-32-17-9-4-10-18-32)25-38(30-39)45-29-34-21-13-6-14-22-34;1-41-46(39,40)23-22-34(42-25-30-14-6-2-7-15-30)36(44-27-32-18-10-4-11-19-32)35(43-26-31-16-8-3-9-17-31)24-37(29-38)45-28-33-20-12-5-13-21-33/h3-22,30,35-37H,23-29H2,1-2H3;2-21,29,34-36H,22-28H2,1H3,(H,39,40)/t35-,36-,37-,46?;34-,35-,36-/m11/s1. The molecule has 0 radical (unpaired) electrons. The number of amides is 2. The first kappa shape index (κ1) is 72.2. The van der Waals surface area contributed by atoms with Crippen molar-refractivity contribution in [2.75, 3.05) is 46.3 Å². The van der Waals surface area contributed by atoms with E-state index in [4.69, 9.17) is 47.1 Å². The second kappa shape index (κ2) is 40.6. The Labute approximate surface area is 541 Å². The van der Waals surface area contributed by atoms with Gasteiger partial charge < -0.3 is 42.4 Å². The number of nitrogens with zero attached hydrogens (tertiary/aromatic N) is 2. The van der Waals surface area contributed by atoms with Gasteiger partial charge in [-0.1, -0.05) is 243 Å². The van der Waals surface area contributed by atoms with Crippen molar-refractivity contribution in [3.05, 3.63) is 287 Å². The van der Waals surface area contributed by atoms with Gasteiger partial charge in [0.25, 0.3) is 0 Å². The van der Waals surface area contributed by atoms with Crippen molar-refractivity contribution >= 4 is 27.8 Å². The van der Waals surface area contributed by atoms with Crippen LogP contribution in [0.15, 0.2) is 243 Å². The maximum Gasteiger partial charge on any atom is 0.327 e. The zero-order chi connectivity index (χ0) is 64.9. The van der Waals surface area contributed by atoms with E-state index in [2.05, 4.69) is 0 Å². The van der Waals surface area contributed by atoms with Crippen LogP contribution in [0.3, 0.4) is 0 Å². The number of carbonyl (C=O) groups excluding carboxylic acids is 2.